The summed E-state index contributed by atoms with van der Waals surface area (Å²) in [5.41, 5.74) is 0. The molecule has 0 aromatic carbocycles. The zero-order valence-corrected chi connectivity index (χ0v) is 8.81. The number of unbranched alkanes of at least 4 members (excludes halogenated alkanes) is 1. The summed E-state index contributed by atoms with van der Waals surface area (Å²) in [6.07, 6.45) is 1.76. The summed E-state index contributed by atoms with van der Waals surface area (Å²) in [7, 11) is 1.51. The summed E-state index contributed by atoms with van der Waals surface area (Å²) in [6.45, 7) is 2.38. The second-order valence-electron chi connectivity index (χ2n) is 3.06. The maximum atomic E-state index is 13.1. The number of ether oxygens (including phenoxy) is 1. The van der Waals surface area contributed by atoms with E-state index in [0.717, 1.165) is 18.9 Å². The smallest absolute Gasteiger partial charge is 0.252 e. The maximum Gasteiger partial charge on any atom is 0.252 e. The monoisotopic (exact) mass is 216 g/mol. The SMILES string of the molecule is CCCCOc1nc(NC)c(F)cc1F. The van der Waals surface area contributed by atoms with E-state index in [2.05, 4.69) is 10.3 Å². The fraction of sp³-hybridized carbons (Fsp3) is 0.500. The molecule has 1 rings (SSSR count). The third-order valence-corrected chi connectivity index (χ3v) is 1.87. The van der Waals surface area contributed by atoms with Crippen molar-refractivity contribution >= 4 is 5.82 Å². The van der Waals surface area contributed by atoms with E-state index in [-0.39, 0.29) is 11.7 Å². The van der Waals surface area contributed by atoms with Gasteiger partial charge in [-0.2, -0.15) is 4.98 Å². The van der Waals surface area contributed by atoms with Gasteiger partial charge < -0.3 is 10.1 Å². The van der Waals surface area contributed by atoms with Crippen LogP contribution in [-0.2, 0) is 0 Å². The molecule has 0 saturated heterocycles. The van der Waals surface area contributed by atoms with Crippen LogP contribution in [0.25, 0.3) is 0 Å². The summed E-state index contributed by atoms with van der Waals surface area (Å²) in [4.78, 5) is 3.68. The number of pyridine rings is 1. The van der Waals surface area contributed by atoms with Crippen LogP contribution in [0.2, 0.25) is 0 Å². The van der Waals surface area contributed by atoms with Crippen LogP contribution in [0.3, 0.4) is 0 Å². The highest BCUT2D eigenvalue weighted by Gasteiger charge is 2.11. The highest BCUT2D eigenvalue weighted by molar-refractivity contribution is 5.38. The van der Waals surface area contributed by atoms with Gasteiger partial charge >= 0.3 is 0 Å². The van der Waals surface area contributed by atoms with Crippen LogP contribution in [0, 0.1) is 11.6 Å². The quantitative estimate of drug-likeness (QED) is 0.768. The van der Waals surface area contributed by atoms with E-state index >= 15 is 0 Å². The first kappa shape index (κ1) is 11.7. The molecule has 84 valence electrons. The molecule has 0 fully saturated rings. The van der Waals surface area contributed by atoms with Gasteiger partial charge in [0.1, 0.15) is 0 Å². The lowest BCUT2D eigenvalue weighted by Crippen LogP contribution is -2.04. The predicted molar refractivity (Wildman–Crippen MR) is 54.1 cm³/mol. The van der Waals surface area contributed by atoms with E-state index in [9.17, 15) is 8.78 Å². The summed E-state index contributed by atoms with van der Waals surface area (Å²) in [5, 5.41) is 2.52. The van der Waals surface area contributed by atoms with Crippen LogP contribution in [0.15, 0.2) is 6.07 Å². The number of anilines is 1. The Kier molecular flexibility index (Phi) is 4.27. The first-order chi connectivity index (χ1) is 7.19. The lowest BCUT2D eigenvalue weighted by Gasteiger charge is -2.08. The zero-order valence-electron chi connectivity index (χ0n) is 8.81. The van der Waals surface area contributed by atoms with Crippen molar-refractivity contribution in [2.45, 2.75) is 19.8 Å². The molecular formula is C10H14F2N2O. The van der Waals surface area contributed by atoms with Crippen molar-refractivity contribution in [3.05, 3.63) is 17.7 Å². The minimum Gasteiger partial charge on any atom is -0.476 e. The van der Waals surface area contributed by atoms with E-state index in [1.54, 1.807) is 0 Å². The van der Waals surface area contributed by atoms with Crippen LogP contribution in [-0.4, -0.2) is 18.6 Å². The fourth-order valence-electron chi connectivity index (χ4n) is 1.04. The first-order valence-electron chi connectivity index (χ1n) is 4.85. The van der Waals surface area contributed by atoms with E-state index in [1.165, 1.54) is 7.05 Å². The van der Waals surface area contributed by atoms with E-state index in [0.29, 0.717) is 6.61 Å². The second-order valence-corrected chi connectivity index (χ2v) is 3.06. The molecule has 0 aliphatic rings. The Morgan fingerprint density at radius 2 is 2.13 bits per heavy atom. The normalized spacial score (nSPS) is 10.1. The standard InChI is InChI=1S/C10H14F2N2O/c1-3-4-5-15-10-8(12)6-7(11)9(13-2)14-10/h6H,3-5H2,1-2H3,(H,13,14). The Labute approximate surface area is 87.5 Å². The molecule has 0 saturated carbocycles. The van der Waals surface area contributed by atoms with Crippen LogP contribution in [0.4, 0.5) is 14.6 Å². The molecule has 15 heavy (non-hydrogen) atoms. The molecule has 0 radical (unpaired) electrons. The van der Waals surface area contributed by atoms with E-state index in [4.69, 9.17) is 4.74 Å². The number of nitrogens with zero attached hydrogens (tertiary/aromatic N) is 1. The van der Waals surface area contributed by atoms with Crippen LogP contribution in [0.5, 0.6) is 5.88 Å². The minimum absolute atomic E-state index is 0.0112. The van der Waals surface area contributed by atoms with Gasteiger partial charge in [0.15, 0.2) is 17.5 Å². The highest BCUT2D eigenvalue weighted by atomic mass is 19.1. The molecule has 3 nitrogen and oxygen atoms in total. The van der Waals surface area contributed by atoms with Gasteiger partial charge in [-0.1, -0.05) is 13.3 Å². The number of halogens is 2. The van der Waals surface area contributed by atoms with E-state index < -0.39 is 11.6 Å². The first-order valence-corrected chi connectivity index (χ1v) is 4.85. The molecule has 0 bridgehead atoms. The van der Waals surface area contributed by atoms with Crippen molar-refractivity contribution in [2.24, 2.45) is 0 Å². The third-order valence-electron chi connectivity index (χ3n) is 1.87. The zero-order chi connectivity index (χ0) is 11.3. The summed E-state index contributed by atoms with van der Waals surface area (Å²) >= 11 is 0. The van der Waals surface area contributed by atoms with Crippen molar-refractivity contribution in [3.63, 3.8) is 0 Å². The number of nitrogens with one attached hydrogen (secondary N) is 1. The van der Waals surface area contributed by atoms with Crippen molar-refractivity contribution < 1.29 is 13.5 Å². The molecule has 0 spiro atoms. The lowest BCUT2D eigenvalue weighted by molar-refractivity contribution is 0.281. The van der Waals surface area contributed by atoms with Gasteiger partial charge in [0.05, 0.1) is 6.61 Å². The summed E-state index contributed by atoms with van der Waals surface area (Å²) < 4.78 is 31.2. The maximum absolute atomic E-state index is 13.1. The molecular weight excluding hydrogens is 202 g/mol. The lowest BCUT2D eigenvalue weighted by atomic mass is 10.3. The molecule has 0 atom stereocenters. The van der Waals surface area contributed by atoms with Crippen molar-refractivity contribution in [1.82, 2.24) is 4.98 Å². The highest BCUT2D eigenvalue weighted by Crippen LogP contribution is 2.20. The minimum atomic E-state index is -0.775. The van der Waals surface area contributed by atoms with Crippen molar-refractivity contribution in [2.75, 3.05) is 19.0 Å². The van der Waals surface area contributed by atoms with Gasteiger partial charge in [0.2, 0.25) is 0 Å². The van der Waals surface area contributed by atoms with Crippen LogP contribution in [0.1, 0.15) is 19.8 Å². The van der Waals surface area contributed by atoms with Gasteiger partial charge in [0, 0.05) is 13.1 Å². The Morgan fingerprint density at radius 3 is 2.73 bits per heavy atom. The Morgan fingerprint density at radius 1 is 1.40 bits per heavy atom. The number of hydrogen-bond acceptors (Lipinski definition) is 3. The summed E-state index contributed by atoms with van der Waals surface area (Å²) in [6, 6.07) is 0.764. The van der Waals surface area contributed by atoms with Gasteiger partial charge in [0.25, 0.3) is 5.88 Å². The largest absolute Gasteiger partial charge is 0.476 e. The fourth-order valence-corrected chi connectivity index (χ4v) is 1.04. The molecule has 0 amide bonds. The van der Waals surface area contributed by atoms with Gasteiger partial charge in [-0.05, 0) is 6.42 Å². The Hall–Kier alpha value is -1.39. The van der Waals surface area contributed by atoms with Crippen LogP contribution >= 0.6 is 0 Å². The van der Waals surface area contributed by atoms with Crippen molar-refractivity contribution in [3.8, 4) is 5.88 Å². The molecule has 5 heteroatoms. The third kappa shape index (κ3) is 3.04. The Bertz CT molecular complexity index is 331. The molecule has 0 unspecified atom stereocenters. The second kappa shape index (κ2) is 5.48. The van der Waals surface area contributed by atoms with Crippen molar-refractivity contribution in [1.29, 1.82) is 0 Å². The van der Waals surface area contributed by atoms with Gasteiger partial charge in [-0.25, -0.2) is 8.78 Å². The average Bonchev–Trinajstić information content (AvgIpc) is 2.21. The van der Waals surface area contributed by atoms with E-state index in [1.807, 2.05) is 6.92 Å². The van der Waals surface area contributed by atoms with Gasteiger partial charge in [-0.15, -0.1) is 0 Å². The molecule has 0 aliphatic heterocycles. The summed E-state index contributed by atoms with van der Waals surface area (Å²) in [5.74, 6) is -1.67. The number of hydrogen-bond donors (Lipinski definition) is 1. The molecule has 1 aromatic rings. The van der Waals surface area contributed by atoms with Gasteiger partial charge in [-0.3, -0.25) is 0 Å². The topological polar surface area (TPSA) is 34.1 Å². The number of rotatable bonds is 5. The van der Waals surface area contributed by atoms with Crippen LogP contribution < -0.4 is 10.1 Å². The average molecular weight is 216 g/mol. The molecule has 1 N–H and O–H groups in total. The molecule has 1 heterocycles. The number of aromatic nitrogens is 1. The Balaban J connectivity index is 2.78. The molecule has 1 aromatic heterocycles. The predicted octanol–water partition coefficient (Wildman–Crippen LogP) is 2.58. The molecule has 0 aliphatic carbocycles.